The zero-order chi connectivity index (χ0) is 23.5. The van der Waals surface area contributed by atoms with E-state index in [2.05, 4.69) is 5.32 Å². The van der Waals surface area contributed by atoms with E-state index in [1.165, 1.54) is 22.5 Å². The van der Waals surface area contributed by atoms with Crippen molar-refractivity contribution < 1.29 is 18.1 Å². The van der Waals surface area contributed by atoms with Crippen LogP contribution in [0, 0.1) is 24.0 Å². The van der Waals surface area contributed by atoms with E-state index in [-0.39, 0.29) is 12.2 Å². The minimum absolute atomic E-state index is 0.119. The van der Waals surface area contributed by atoms with Gasteiger partial charge in [-0.25, -0.2) is 8.42 Å². The molecule has 0 atom stereocenters. The van der Waals surface area contributed by atoms with Gasteiger partial charge in [-0.1, -0.05) is 24.3 Å². The maximum atomic E-state index is 12.5. The number of benzene rings is 3. The predicted molar refractivity (Wildman–Crippen MR) is 124 cm³/mol. The molecule has 1 amide bonds. The molecule has 0 saturated heterocycles. The van der Waals surface area contributed by atoms with Crippen LogP contribution in [0.1, 0.15) is 27.0 Å². The van der Waals surface area contributed by atoms with Crippen molar-refractivity contribution in [2.75, 3.05) is 15.9 Å². The summed E-state index contributed by atoms with van der Waals surface area (Å²) < 4.78 is 26.1. The number of nitro benzene ring substituents is 1. The van der Waals surface area contributed by atoms with Crippen molar-refractivity contribution in [3.63, 3.8) is 0 Å². The number of hydrogen-bond donors (Lipinski definition) is 1. The number of sulfonamides is 1. The Hall–Kier alpha value is -3.72. The number of carbonyl (C=O) groups is 1. The number of nitrogens with one attached hydrogen (secondary N) is 1. The Morgan fingerprint density at radius 2 is 1.69 bits per heavy atom. The van der Waals surface area contributed by atoms with Crippen LogP contribution in [-0.2, 0) is 16.6 Å². The minimum Gasteiger partial charge on any atom is -0.322 e. The van der Waals surface area contributed by atoms with Crippen molar-refractivity contribution in [3.05, 3.63) is 99.1 Å². The second-order valence-electron chi connectivity index (χ2n) is 7.50. The van der Waals surface area contributed by atoms with Gasteiger partial charge in [-0.3, -0.25) is 19.2 Å². The molecule has 3 aromatic rings. The predicted octanol–water partition coefficient (Wildman–Crippen LogP) is 4.43. The molecule has 0 fully saturated rings. The number of non-ortho nitro benzene ring substituents is 1. The SMILES string of the molecule is Cc1ccc(N(Cc2ccc(C(=O)Nc3cccc([N+](=O)[O-])c3)cc2)S(C)(=O)=O)cc1C. The number of aryl methyl sites for hydroxylation is 2. The van der Waals surface area contributed by atoms with Crippen LogP contribution in [-0.4, -0.2) is 25.5 Å². The van der Waals surface area contributed by atoms with Crippen LogP contribution in [0.3, 0.4) is 0 Å². The summed E-state index contributed by atoms with van der Waals surface area (Å²) in [6.07, 6.45) is 1.16. The van der Waals surface area contributed by atoms with Gasteiger partial charge in [0.05, 0.1) is 23.4 Å². The average Bonchev–Trinajstić information content (AvgIpc) is 2.74. The van der Waals surface area contributed by atoms with E-state index in [1.54, 1.807) is 36.4 Å². The zero-order valence-electron chi connectivity index (χ0n) is 17.9. The van der Waals surface area contributed by atoms with Gasteiger partial charge >= 0.3 is 0 Å². The van der Waals surface area contributed by atoms with E-state index in [4.69, 9.17) is 0 Å². The molecule has 0 spiro atoms. The first-order valence-corrected chi connectivity index (χ1v) is 11.6. The van der Waals surface area contributed by atoms with Gasteiger partial charge in [0, 0.05) is 23.4 Å². The Bertz CT molecular complexity index is 1270. The third kappa shape index (κ3) is 5.50. The zero-order valence-corrected chi connectivity index (χ0v) is 18.7. The van der Waals surface area contributed by atoms with Crippen molar-refractivity contribution in [1.29, 1.82) is 0 Å². The molecular formula is C23H23N3O5S. The van der Waals surface area contributed by atoms with Crippen molar-refractivity contribution in [3.8, 4) is 0 Å². The Kier molecular flexibility index (Phi) is 6.59. The fraction of sp³-hybridized carbons (Fsp3) is 0.174. The van der Waals surface area contributed by atoms with Crippen LogP contribution in [0.4, 0.5) is 17.1 Å². The van der Waals surface area contributed by atoms with Crippen LogP contribution in [0.15, 0.2) is 66.7 Å². The molecule has 0 radical (unpaired) electrons. The summed E-state index contributed by atoms with van der Waals surface area (Å²) in [4.78, 5) is 22.8. The molecule has 0 unspecified atom stereocenters. The van der Waals surface area contributed by atoms with E-state index in [1.807, 2.05) is 26.0 Å². The van der Waals surface area contributed by atoms with Crippen molar-refractivity contribution >= 4 is 33.0 Å². The first-order chi connectivity index (χ1) is 15.0. The molecule has 0 aliphatic heterocycles. The summed E-state index contributed by atoms with van der Waals surface area (Å²) in [5, 5.41) is 13.5. The number of nitrogens with zero attached hydrogens (tertiary/aromatic N) is 2. The summed E-state index contributed by atoms with van der Waals surface area (Å²) in [5.74, 6) is -0.425. The highest BCUT2D eigenvalue weighted by Crippen LogP contribution is 2.24. The lowest BCUT2D eigenvalue weighted by Gasteiger charge is -2.23. The average molecular weight is 454 g/mol. The molecule has 3 aromatic carbocycles. The Balaban J connectivity index is 1.77. The maximum absolute atomic E-state index is 12.5. The van der Waals surface area contributed by atoms with Gasteiger partial charge in [0.1, 0.15) is 0 Å². The number of rotatable bonds is 7. The van der Waals surface area contributed by atoms with Crippen LogP contribution >= 0.6 is 0 Å². The third-order valence-corrected chi connectivity index (χ3v) is 6.18. The summed E-state index contributed by atoms with van der Waals surface area (Å²) in [5.41, 5.74) is 3.88. The summed E-state index contributed by atoms with van der Waals surface area (Å²) in [6, 6.07) is 17.7. The highest BCUT2D eigenvalue weighted by molar-refractivity contribution is 7.92. The molecule has 166 valence electrons. The number of anilines is 2. The van der Waals surface area contributed by atoms with E-state index in [0.717, 1.165) is 17.4 Å². The molecule has 32 heavy (non-hydrogen) atoms. The molecule has 3 rings (SSSR count). The van der Waals surface area contributed by atoms with Crippen molar-refractivity contribution in [2.24, 2.45) is 0 Å². The van der Waals surface area contributed by atoms with Crippen LogP contribution in [0.5, 0.6) is 0 Å². The number of hydrogen-bond acceptors (Lipinski definition) is 5. The highest BCUT2D eigenvalue weighted by atomic mass is 32.2. The minimum atomic E-state index is -3.53. The third-order valence-electron chi connectivity index (χ3n) is 5.04. The lowest BCUT2D eigenvalue weighted by molar-refractivity contribution is -0.384. The van der Waals surface area contributed by atoms with Crippen LogP contribution in [0.2, 0.25) is 0 Å². The van der Waals surface area contributed by atoms with Gasteiger partial charge in [0.15, 0.2) is 0 Å². The molecule has 8 nitrogen and oxygen atoms in total. The lowest BCUT2D eigenvalue weighted by atomic mass is 10.1. The quantitative estimate of drug-likeness (QED) is 0.420. The molecule has 0 aromatic heterocycles. The summed E-state index contributed by atoms with van der Waals surface area (Å²) in [7, 11) is -3.53. The lowest BCUT2D eigenvalue weighted by Crippen LogP contribution is -2.29. The number of nitro groups is 1. The van der Waals surface area contributed by atoms with Crippen LogP contribution in [0.25, 0.3) is 0 Å². The normalized spacial score (nSPS) is 11.1. The van der Waals surface area contributed by atoms with Gasteiger partial charge in [0.2, 0.25) is 10.0 Å². The van der Waals surface area contributed by atoms with E-state index in [9.17, 15) is 23.3 Å². The molecule has 0 bridgehead atoms. The fourth-order valence-corrected chi connectivity index (χ4v) is 3.99. The topological polar surface area (TPSA) is 110 Å². The molecular weight excluding hydrogens is 430 g/mol. The molecule has 1 N–H and O–H groups in total. The molecule has 0 saturated carbocycles. The largest absolute Gasteiger partial charge is 0.322 e. The molecule has 0 heterocycles. The fourth-order valence-electron chi connectivity index (χ4n) is 3.11. The summed E-state index contributed by atoms with van der Waals surface area (Å²) >= 11 is 0. The first-order valence-electron chi connectivity index (χ1n) is 9.74. The smallest absolute Gasteiger partial charge is 0.271 e. The second kappa shape index (κ2) is 9.19. The van der Waals surface area contributed by atoms with Crippen molar-refractivity contribution in [2.45, 2.75) is 20.4 Å². The standard InChI is InChI=1S/C23H23N3O5S/c1-16-7-12-21(13-17(16)2)25(32(3,30)31)15-18-8-10-19(11-9-18)23(27)24-20-5-4-6-22(14-20)26(28)29/h4-14H,15H2,1-3H3,(H,24,27). The van der Waals surface area contributed by atoms with Gasteiger partial charge in [0.25, 0.3) is 11.6 Å². The van der Waals surface area contributed by atoms with E-state index in [0.29, 0.717) is 22.5 Å². The van der Waals surface area contributed by atoms with E-state index < -0.39 is 20.9 Å². The van der Waals surface area contributed by atoms with Gasteiger partial charge < -0.3 is 5.32 Å². The van der Waals surface area contributed by atoms with Gasteiger partial charge in [-0.15, -0.1) is 0 Å². The number of carbonyl (C=O) groups excluding carboxylic acids is 1. The Morgan fingerprint density at radius 1 is 1.00 bits per heavy atom. The second-order valence-corrected chi connectivity index (χ2v) is 9.40. The monoisotopic (exact) mass is 453 g/mol. The van der Waals surface area contributed by atoms with Gasteiger partial charge in [-0.05, 0) is 60.9 Å². The van der Waals surface area contributed by atoms with Crippen molar-refractivity contribution in [1.82, 2.24) is 0 Å². The Labute approximate surface area is 186 Å². The molecule has 0 aliphatic carbocycles. The Morgan fingerprint density at radius 3 is 2.28 bits per heavy atom. The molecule has 0 aliphatic rings. The van der Waals surface area contributed by atoms with Crippen LogP contribution < -0.4 is 9.62 Å². The molecule has 9 heteroatoms. The van der Waals surface area contributed by atoms with E-state index >= 15 is 0 Å². The number of amides is 1. The van der Waals surface area contributed by atoms with Gasteiger partial charge in [-0.2, -0.15) is 0 Å². The first kappa shape index (κ1) is 23.0. The summed E-state index contributed by atoms with van der Waals surface area (Å²) in [6.45, 7) is 4.00. The maximum Gasteiger partial charge on any atom is 0.271 e. The highest BCUT2D eigenvalue weighted by Gasteiger charge is 2.19.